The number of pyridine rings is 1. The Hall–Kier alpha value is -5.80. The third-order valence-corrected chi connectivity index (χ3v) is 10.9. The van der Waals surface area contributed by atoms with E-state index >= 15 is 0 Å². The highest BCUT2D eigenvalue weighted by Gasteiger charge is 2.33. The molecule has 15 heteroatoms. The average molecular weight is 844 g/mol. The number of benzene rings is 4. The molecule has 1 aliphatic rings. The molecule has 3 N–H and O–H groups in total. The molecule has 4 aromatic carbocycles. The Morgan fingerprint density at radius 2 is 1.55 bits per heavy atom. The number of likely N-dealkylation sites (tertiary alicyclic amines) is 1. The number of urea groups is 1. The van der Waals surface area contributed by atoms with Crippen LogP contribution in [0.4, 0.5) is 30.6 Å². The van der Waals surface area contributed by atoms with E-state index in [0.717, 1.165) is 28.5 Å². The number of alkyl halides is 2. The van der Waals surface area contributed by atoms with Crippen molar-refractivity contribution in [3.05, 3.63) is 107 Å². The standard InChI is InChI=1S/C45H51F2N5O7S/c1-44(2,3)30-26-37(42(58-5)38(27-30)51-60(6,55)56)50-43(54)49-36-15-16-40(34-11-8-7-10-33(34)36)59-32-17-20-48-31(28-32)24-29-13-14-35(41(25-29)57-4)39(53)12-9-21-52-22-18-45(46,47)19-23-52/h7-8,10-11,13-17,20,25-28,51H,9,12,18-19,21-24H2,1-6H3,(H2,49,50,54). The number of amides is 2. The largest absolute Gasteiger partial charge is 0.496 e. The lowest BCUT2D eigenvalue weighted by atomic mass is 9.86. The summed E-state index contributed by atoms with van der Waals surface area (Å²) < 4.78 is 71.4. The Morgan fingerprint density at radius 1 is 0.850 bits per heavy atom. The van der Waals surface area contributed by atoms with Crippen LogP contribution >= 0.6 is 0 Å². The van der Waals surface area contributed by atoms with Gasteiger partial charge in [0.05, 0.1) is 43.1 Å². The number of piperidine rings is 1. The summed E-state index contributed by atoms with van der Waals surface area (Å²) >= 11 is 0. The van der Waals surface area contributed by atoms with Crippen LogP contribution in [0.3, 0.4) is 0 Å². The van der Waals surface area contributed by atoms with Gasteiger partial charge in [-0.15, -0.1) is 0 Å². The average Bonchev–Trinajstić information content (AvgIpc) is 3.18. The first-order chi connectivity index (χ1) is 28.4. The maximum absolute atomic E-state index is 13.5. The van der Waals surface area contributed by atoms with Crippen LogP contribution in [0.1, 0.15) is 73.6 Å². The van der Waals surface area contributed by atoms with Crippen LogP contribution in [0, 0.1) is 0 Å². The van der Waals surface area contributed by atoms with Crippen molar-refractivity contribution >= 4 is 49.7 Å². The number of sulfonamides is 1. The number of nitrogens with one attached hydrogen (secondary N) is 3. The van der Waals surface area contributed by atoms with Gasteiger partial charge in [-0.2, -0.15) is 0 Å². The molecule has 1 fully saturated rings. The van der Waals surface area contributed by atoms with Crippen molar-refractivity contribution in [3.63, 3.8) is 0 Å². The van der Waals surface area contributed by atoms with Gasteiger partial charge in [0.2, 0.25) is 10.0 Å². The lowest BCUT2D eigenvalue weighted by Crippen LogP contribution is -2.39. The fourth-order valence-corrected chi connectivity index (χ4v) is 7.68. The molecule has 1 aliphatic heterocycles. The van der Waals surface area contributed by atoms with E-state index in [2.05, 4.69) is 20.3 Å². The zero-order valence-corrected chi connectivity index (χ0v) is 35.5. The number of halogens is 2. The van der Waals surface area contributed by atoms with Crippen molar-refractivity contribution in [3.8, 4) is 23.0 Å². The molecule has 318 valence electrons. The minimum absolute atomic E-state index is 0.0625. The third-order valence-electron chi connectivity index (χ3n) is 10.3. The van der Waals surface area contributed by atoms with Crippen molar-refractivity contribution in [2.45, 2.75) is 64.2 Å². The Kier molecular flexibility index (Phi) is 13.3. The molecule has 0 saturated carbocycles. The zero-order valence-electron chi connectivity index (χ0n) is 34.7. The number of ketones is 1. The van der Waals surface area contributed by atoms with Crippen LogP contribution in [-0.4, -0.2) is 76.1 Å². The molecule has 1 saturated heterocycles. The fourth-order valence-electron chi connectivity index (χ4n) is 7.13. The summed E-state index contributed by atoms with van der Waals surface area (Å²) in [6.07, 6.45) is 3.72. The van der Waals surface area contributed by atoms with Gasteiger partial charge in [-0.05, 0) is 72.0 Å². The summed E-state index contributed by atoms with van der Waals surface area (Å²) in [7, 11) is -0.729. The molecule has 0 unspecified atom stereocenters. The second-order valence-corrected chi connectivity index (χ2v) is 17.7. The molecule has 0 aliphatic carbocycles. The molecule has 2 amide bonds. The van der Waals surface area contributed by atoms with E-state index in [1.165, 1.54) is 14.2 Å². The molecule has 6 rings (SSSR count). The van der Waals surface area contributed by atoms with Gasteiger partial charge in [-0.25, -0.2) is 22.0 Å². The first-order valence-corrected chi connectivity index (χ1v) is 21.5. The summed E-state index contributed by atoms with van der Waals surface area (Å²) in [5, 5.41) is 7.21. The van der Waals surface area contributed by atoms with Gasteiger partial charge in [-0.3, -0.25) is 14.5 Å². The van der Waals surface area contributed by atoms with E-state index in [-0.39, 0.29) is 47.6 Å². The Labute approximate surface area is 349 Å². The first kappa shape index (κ1) is 43.8. The number of carbonyl (C=O) groups excluding carboxylic acids is 2. The molecule has 0 radical (unpaired) electrons. The molecule has 0 bridgehead atoms. The maximum atomic E-state index is 13.5. The van der Waals surface area contributed by atoms with Crippen molar-refractivity contribution in [1.29, 1.82) is 0 Å². The molecule has 12 nitrogen and oxygen atoms in total. The van der Waals surface area contributed by atoms with Crippen molar-refractivity contribution < 1.29 is 41.0 Å². The van der Waals surface area contributed by atoms with E-state index in [1.54, 1.807) is 42.6 Å². The number of Topliss-reactive ketones (excluding diaryl/α,β-unsaturated/α-hetero) is 1. The number of hydrogen-bond donors (Lipinski definition) is 3. The summed E-state index contributed by atoms with van der Waals surface area (Å²) in [5.41, 5.74) is 3.48. The zero-order chi connectivity index (χ0) is 43.2. The quantitative estimate of drug-likeness (QED) is 0.0877. The Morgan fingerprint density at radius 3 is 2.23 bits per heavy atom. The smallest absolute Gasteiger partial charge is 0.323 e. The number of fused-ring (bicyclic) bond motifs is 1. The van der Waals surface area contributed by atoms with Gasteiger partial charge < -0.3 is 29.7 Å². The summed E-state index contributed by atoms with van der Waals surface area (Å²) in [4.78, 5) is 33.2. The predicted molar refractivity (Wildman–Crippen MR) is 231 cm³/mol. The maximum Gasteiger partial charge on any atom is 0.323 e. The van der Waals surface area contributed by atoms with Crippen LogP contribution in [-0.2, 0) is 21.9 Å². The second kappa shape index (κ2) is 18.2. The number of carbonyl (C=O) groups is 2. The number of ether oxygens (including phenoxy) is 3. The molecule has 5 aromatic rings. The molecule has 0 atom stereocenters. The second-order valence-electron chi connectivity index (χ2n) is 16.0. The number of anilines is 3. The highest BCUT2D eigenvalue weighted by molar-refractivity contribution is 7.92. The van der Waals surface area contributed by atoms with E-state index < -0.39 is 22.0 Å². The van der Waals surface area contributed by atoms with Gasteiger partial charge in [0.1, 0.15) is 17.2 Å². The van der Waals surface area contributed by atoms with Crippen molar-refractivity contribution in [1.82, 2.24) is 9.88 Å². The number of aromatic nitrogens is 1. The molecule has 1 aromatic heterocycles. The van der Waals surface area contributed by atoms with Crippen LogP contribution in [0.2, 0.25) is 0 Å². The molecule has 60 heavy (non-hydrogen) atoms. The lowest BCUT2D eigenvalue weighted by Gasteiger charge is -2.31. The van der Waals surface area contributed by atoms with Gasteiger partial charge in [-0.1, -0.05) is 51.1 Å². The van der Waals surface area contributed by atoms with E-state index in [9.17, 15) is 26.8 Å². The summed E-state index contributed by atoms with van der Waals surface area (Å²) in [6, 6.07) is 22.9. The molecule has 0 spiro atoms. The minimum Gasteiger partial charge on any atom is -0.496 e. The van der Waals surface area contributed by atoms with Gasteiger partial charge in [0, 0.05) is 67.5 Å². The van der Waals surface area contributed by atoms with Gasteiger partial charge >= 0.3 is 6.03 Å². The SMILES string of the molecule is COc1cc(Cc2cc(Oc3ccc(NC(=O)Nc4cc(C(C)(C)C)cc(NS(C)(=O)=O)c4OC)c4ccccc34)ccn2)ccc1C(=O)CCCN1CCC(F)(F)CC1. The van der Waals surface area contributed by atoms with Crippen LogP contribution < -0.4 is 29.6 Å². The van der Waals surface area contributed by atoms with Crippen LogP contribution in [0.25, 0.3) is 10.8 Å². The normalized spacial score (nSPS) is 14.3. The topological polar surface area (TPSA) is 148 Å². The van der Waals surface area contributed by atoms with Gasteiger partial charge in [0.25, 0.3) is 5.92 Å². The Bertz CT molecular complexity index is 2480. The first-order valence-electron chi connectivity index (χ1n) is 19.6. The van der Waals surface area contributed by atoms with Gasteiger partial charge in [0.15, 0.2) is 11.5 Å². The number of nitrogens with zero attached hydrogens (tertiary/aromatic N) is 2. The predicted octanol–water partition coefficient (Wildman–Crippen LogP) is 9.64. The third kappa shape index (κ3) is 11.3. The van der Waals surface area contributed by atoms with Crippen molar-refractivity contribution in [2.24, 2.45) is 0 Å². The minimum atomic E-state index is -3.65. The van der Waals surface area contributed by atoms with E-state index in [0.29, 0.717) is 66.4 Å². The monoisotopic (exact) mass is 843 g/mol. The molecular formula is C45H51F2N5O7S. The number of rotatable bonds is 15. The highest BCUT2D eigenvalue weighted by atomic mass is 32.2. The van der Waals surface area contributed by atoms with Crippen LogP contribution in [0.5, 0.6) is 23.0 Å². The number of hydrogen-bond acceptors (Lipinski definition) is 9. The summed E-state index contributed by atoms with van der Waals surface area (Å²) in [5.74, 6) is -0.939. The highest BCUT2D eigenvalue weighted by Crippen LogP contribution is 2.40. The number of methoxy groups -OCH3 is 2. The van der Waals surface area contributed by atoms with Crippen molar-refractivity contribution in [2.75, 3.05) is 55.5 Å². The molecule has 2 heterocycles. The molecular weight excluding hydrogens is 793 g/mol. The van der Waals surface area contributed by atoms with E-state index in [1.807, 2.05) is 68.1 Å². The Balaban J connectivity index is 1.13. The lowest BCUT2D eigenvalue weighted by molar-refractivity contribution is -0.0551. The van der Waals surface area contributed by atoms with Crippen LogP contribution in [0.15, 0.2) is 85.1 Å². The van der Waals surface area contributed by atoms with E-state index in [4.69, 9.17) is 14.2 Å². The summed E-state index contributed by atoms with van der Waals surface area (Å²) in [6.45, 7) is 7.20. The fraction of sp³-hybridized carbons (Fsp3) is 0.356.